The third-order valence-electron chi connectivity index (χ3n) is 2.09. The second-order valence-corrected chi connectivity index (χ2v) is 7.32. The first-order chi connectivity index (χ1) is 8.43. The summed E-state index contributed by atoms with van der Waals surface area (Å²) in [6, 6.07) is 0. The van der Waals surface area contributed by atoms with Gasteiger partial charge in [-0.25, -0.2) is 0 Å². The van der Waals surface area contributed by atoms with Crippen molar-refractivity contribution < 1.29 is 21.5 Å². The largest absolute Gasteiger partial charge is 0.378 e. The normalized spacial score (nSPS) is 18.8. The molecule has 0 bridgehead atoms. The van der Waals surface area contributed by atoms with Crippen LogP contribution in [0.5, 0.6) is 0 Å². The van der Waals surface area contributed by atoms with Gasteiger partial charge in [-0.3, -0.25) is 4.57 Å². The molecule has 0 saturated carbocycles. The first-order valence-electron chi connectivity index (χ1n) is 7.15. The monoisotopic (exact) mass is 268 g/mol. The first-order valence-corrected chi connectivity index (χ1v) is 7.69. The third kappa shape index (κ3) is 6.56. The fourth-order valence-corrected chi connectivity index (χ4v) is 2.46. The first kappa shape index (κ1) is 13.5. The Morgan fingerprint density at radius 2 is 1.94 bits per heavy atom. The van der Waals surface area contributed by atoms with Gasteiger partial charge in [-0.15, -0.1) is 0 Å². The molecule has 0 fully saturated rings. The Labute approximate surface area is 108 Å². The van der Waals surface area contributed by atoms with E-state index in [2.05, 4.69) is 0 Å². The fraction of sp³-hybridized carbons (Fsp3) is 1.00. The summed E-state index contributed by atoms with van der Waals surface area (Å²) in [5.74, 6) is 0. The molecule has 0 aromatic carbocycles. The van der Waals surface area contributed by atoms with Gasteiger partial charge in [0, 0.05) is 0 Å². The summed E-state index contributed by atoms with van der Waals surface area (Å²) >= 11 is 0. The Hall–Kier alpha value is 0.110. The van der Waals surface area contributed by atoms with Crippen LogP contribution in [0.3, 0.4) is 0 Å². The Bertz CT molecular complexity index is 313. The molecule has 0 spiro atoms. The Balaban J connectivity index is 4.87. The van der Waals surface area contributed by atoms with Gasteiger partial charge in [-0.05, 0) is 34.1 Å². The molecule has 1 N–H and O–H groups in total. The molecule has 0 heterocycles. The van der Waals surface area contributed by atoms with E-state index in [1.165, 1.54) is 13.8 Å². The maximum absolute atomic E-state index is 12.6. The molecule has 0 rings (SSSR count). The van der Waals surface area contributed by atoms with Crippen molar-refractivity contribution in [2.45, 2.75) is 71.7 Å². The van der Waals surface area contributed by atoms with Crippen LogP contribution in [0.15, 0.2) is 0 Å². The standard InChI is InChI=1S/C12H27O4P/c1-6-7-8-9-10-15-17(14,12(4,5)13)16-11(2)3/h11,13H,6-10H2,1-5H3/i10D2. The Morgan fingerprint density at radius 1 is 1.35 bits per heavy atom. The summed E-state index contributed by atoms with van der Waals surface area (Å²) in [4.78, 5) is 0. The van der Waals surface area contributed by atoms with E-state index in [1.807, 2.05) is 6.92 Å². The highest BCUT2D eigenvalue weighted by Crippen LogP contribution is 2.59. The summed E-state index contributed by atoms with van der Waals surface area (Å²) in [7, 11) is -3.95. The highest BCUT2D eigenvalue weighted by molar-refractivity contribution is 7.55. The minimum Gasteiger partial charge on any atom is -0.378 e. The third-order valence-corrected chi connectivity index (χ3v) is 4.50. The van der Waals surface area contributed by atoms with E-state index in [0.29, 0.717) is 6.42 Å². The zero-order chi connectivity index (χ0) is 15.3. The molecule has 17 heavy (non-hydrogen) atoms. The van der Waals surface area contributed by atoms with Gasteiger partial charge in [0.1, 0.15) is 0 Å². The Morgan fingerprint density at radius 3 is 2.35 bits per heavy atom. The fourth-order valence-electron chi connectivity index (χ4n) is 1.12. The Kier molecular flexibility index (Phi) is 5.99. The molecule has 5 heteroatoms. The highest BCUT2D eigenvalue weighted by atomic mass is 31.2. The number of hydrogen-bond donors (Lipinski definition) is 1. The van der Waals surface area contributed by atoms with E-state index in [4.69, 9.17) is 11.8 Å². The molecule has 104 valence electrons. The van der Waals surface area contributed by atoms with Crippen molar-refractivity contribution in [2.75, 3.05) is 6.56 Å². The van der Waals surface area contributed by atoms with Gasteiger partial charge >= 0.3 is 7.60 Å². The van der Waals surface area contributed by atoms with Crippen molar-refractivity contribution in [1.82, 2.24) is 0 Å². The van der Waals surface area contributed by atoms with Gasteiger partial charge in [-0.1, -0.05) is 26.2 Å². The predicted octanol–water partition coefficient (Wildman–Crippen LogP) is 3.93. The average molecular weight is 268 g/mol. The second-order valence-electron chi connectivity index (χ2n) is 4.84. The van der Waals surface area contributed by atoms with Gasteiger partial charge in [0.2, 0.25) is 0 Å². The van der Waals surface area contributed by atoms with Crippen LogP contribution in [0.2, 0.25) is 0 Å². The molecular weight excluding hydrogens is 239 g/mol. The van der Waals surface area contributed by atoms with E-state index in [-0.39, 0.29) is 6.42 Å². The molecule has 0 saturated heterocycles. The summed E-state index contributed by atoms with van der Waals surface area (Å²) in [6.45, 7) is 5.87. The molecule has 4 nitrogen and oxygen atoms in total. The van der Waals surface area contributed by atoms with Gasteiger partial charge in [-0.2, -0.15) is 0 Å². The number of hydrogen-bond acceptors (Lipinski definition) is 4. The van der Waals surface area contributed by atoms with Crippen molar-refractivity contribution in [1.29, 1.82) is 0 Å². The molecule has 0 amide bonds. The lowest BCUT2D eigenvalue weighted by Gasteiger charge is -2.30. The lowest BCUT2D eigenvalue weighted by molar-refractivity contribution is 0.0768. The molecular formula is C12H27O4P. The van der Waals surface area contributed by atoms with Crippen LogP contribution in [0.25, 0.3) is 0 Å². The summed E-state index contributed by atoms with van der Waals surface area (Å²) in [5, 5.41) is 8.20. The van der Waals surface area contributed by atoms with Crippen molar-refractivity contribution in [2.24, 2.45) is 0 Å². The van der Waals surface area contributed by atoms with E-state index in [1.54, 1.807) is 13.8 Å². The highest BCUT2D eigenvalue weighted by Gasteiger charge is 2.42. The van der Waals surface area contributed by atoms with Crippen LogP contribution < -0.4 is 0 Å². The maximum Gasteiger partial charge on any atom is 0.361 e. The zero-order valence-electron chi connectivity index (χ0n) is 13.5. The summed E-state index contributed by atoms with van der Waals surface area (Å²) < 4.78 is 38.3. The topological polar surface area (TPSA) is 55.8 Å². The van der Waals surface area contributed by atoms with Gasteiger partial charge < -0.3 is 14.2 Å². The van der Waals surface area contributed by atoms with Crippen LogP contribution in [-0.4, -0.2) is 23.1 Å². The molecule has 0 aliphatic rings. The quantitative estimate of drug-likeness (QED) is 0.508. The molecule has 1 atom stereocenters. The SMILES string of the molecule is [2H]C([2H])(CCCCC)OP(=O)(OC(C)C)C(C)(C)O. The van der Waals surface area contributed by atoms with Crippen molar-refractivity contribution in [3.63, 3.8) is 0 Å². The molecule has 1 unspecified atom stereocenters. The number of aliphatic hydroxyl groups is 1. The molecule has 0 aliphatic heterocycles. The van der Waals surface area contributed by atoms with Crippen LogP contribution in [0, 0.1) is 0 Å². The molecule has 0 radical (unpaired) electrons. The summed E-state index contributed by atoms with van der Waals surface area (Å²) in [6.07, 6.45) is 2.17. The van der Waals surface area contributed by atoms with E-state index >= 15 is 0 Å². The molecule has 0 aromatic rings. The van der Waals surface area contributed by atoms with Gasteiger partial charge in [0.15, 0.2) is 5.34 Å². The predicted molar refractivity (Wildman–Crippen MR) is 70.2 cm³/mol. The minimum absolute atomic E-state index is 0.127. The second kappa shape index (κ2) is 7.52. The van der Waals surface area contributed by atoms with Crippen LogP contribution in [0.1, 0.15) is 63.0 Å². The smallest absolute Gasteiger partial charge is 0.361 e. The lowest BCUT2D eigenvalue weighted by Crippen LogP contribution is -2.24. The van der Waals surface area contributed by atoms with Crippen LogP contribution in [0.4, 0.5) is 0 Å². The molecule has 0 aromatic heterocycles. The summed E-state index contributed by atoms with van der Waals surface area (Å²) in [5.41, 5.74) is 0. The van der Waals surface area contributed by atoms with Crippen molar-refractivity contribution in [3.8, 4) is 0 Å². The number of rotatable bonds is 9. The van der Waals surface area contributed by atoms with E-state index in [9.17, 15) is 9.67 Å². The zero-order valence-corrected chi connectivity index (χ0v) is 12.4. The number of unbranched alkanes of at least 4 members (excludes halogenated alkanes) is 2. The molecule has 0 aliphatic carbocycles. The van der Waals surface area contributed by atoms with Gasteiger partial charge in [0.25, 0.3) is 0 Å². The maximum atomic E-state index is 12.6. The van der Waals surface area contributed by atoms with Gasteiger partial charge in [0.05, 0.1) is 15.4 Å². The minimum atomic E-state index is -3.95. The lowest BCUT2D eigenvalue weighted by atomic mass is 10.2. The van der Waals surface area contributed by atoms with Crippen molar-refractivity contribution >= 4 is 7.60 Å². The van der Waals surface area contributed by atoms with E-state index < -0.39 is 25.6 Å². The van der Waals surface area contributed by atoms with Crippen LogP contribution in [-0.2, 0) is 13.6 Å². The average Bonchev–Trinajstić information content (AvgIpc) is 2.13. The van der Waals surface area contributed by atoms with Crippen molar-refractivity contribution in [3.05, 3.63) is 0 Å². The van der Waals surface area contributed by atoms with Crippen LogP contribution >= 0.6 is 7.60 Å². The van der Waals surface area contributed by atoms with E-state index in [0.717, 1.165) is 12.8 Å².